The number of nitrogens with zero attached hydrogens (tertiary/aromatic N) is 3. The predicted molar refractivity (Wildman–Crippen MR) is 103 cm³/mol. The van der Waals surface area contributed by atoms with Crippen LogP contribution in [0.15, 0.2) is 35.3 Å². The van der Waals surface area contributed by atoms with E-state index in [2.05, 4.69) is 21.5 Å². The molecule has 0 aliphatic heterocycles. The molecular weight excluding hydrogens is 418 g/mol. The van der Waals surface area contributed by atoms with Crippen molar-refractivity contribution < 1.29 is 22.7 Å². The van der Waals surface area contributed by atoms with Crippen molar-refractivity contribution in [1.29, 1.82) is 5.26 Å². The fraction of sp³-hybridized carbons (Fsp3) is 0.350. The number of halogens is 4. The van der Waals surface area contributed by atoms with E-state index in [-0.39, 0.29) is 35.3 Å². The molecule has 0 amide bonds. The van der Waals surface area contributed by atoms with Crippen molar-refractivity contribution in [2.45, 2.75) is 37.6 Å². The fourth-order valence-electron chi connectivity index (χ4n) is 3.61. The molecule has 11 heteroatoms. The first kappa shape index (κ1) is 20.9. The highest BCUT2D eigenvalue weighted by molar-refractivity contribution is 5.91. The maximum atomic E-state index is 14.2. The summed E-state index contributed by atoms with van der Waals surface area (Å²) in [6.07, 6.45) is -4.42. The van der Waals surface area contributed by atoms with Gasteiger partial charge in [-0.1, -0.05) is 6.07 Å². The standard InChI is InChI=1S/C20H17F4N5O2/c21-13-9-11(3-4-12(13)17(30)20(22,23)24)27-18-16-15(6-8-26-19(16)31)29(28-18)14(5-7-25)10-1-2-10/h3-4,6,8-10,14,17,30H,1-2,5H2,(H,26,31)(H,27,28)/t14?,17-/m1/s1. The Balaban J connectivity index is 1.73. The third-order valence-corrected chi connectivity index (χ3v) is 5.28. The van der Waals surface area contributed by atoms with E-state index >= 15 is 0 Å². The van der Waals surface area contributed by atoms with E-state index in [1.54, 1.807) is 10.7 Å². The van der Waals surface area contributed by atoms with Gasteiger partial charge in [0.1, 0.15) is 11.2 Å². The van der Waals surface area contributed by atoms with E-state index in [0.717, 1.165) is 31.0 Å². The quantitative estimate of drug-likeness (QED) is 0.506. The van der Waals surface area contributed by atoms with Gasteiger partial charge in [0.2, 0.25) is 0 Å². The molecule has 2 atom stereocenters. The van der Waals surface area contributed by atoms with Crippen molar-refractivity contribution in [2.75, 3.05) is 5.32 Å². The van der Waals surface area contributed by atoms with Crippen LogP contribution in [0.5, 0.6) is 0 Å². The van der Waals surface area contributed by atoms with Crippen LogP contribution < -0.4 is 10.9 Å². The summed E-state index contributed by atoms with van der Waals surface area (Å²) >= 11 is 0. The summed E-state index contributed by atoms with van der Waals surface area (Å²) in [5.74, 6) is -0.910. The Morgan fingerprint density at radius 3 is 2.71 bits per heavy atom. The molecule has 162 valence electrons. The van der Waals surface area contributed by atoms with Crippen LogP contribution in [0.4, 0.5) is 29.1 Å². The highest BCUT2D eigenvalue weighted by atomic mass is 19.4. The monoisotopic (exact) mass is 435 g/mol. The Hall–Kier alpha value is -3.39. The Labute approximate surface area is 172 Å². The summed E-state index contributed by atoms with van der Waals surface area (Å²) in [6.45, 7) is 0. The van der Waals surface area contributed by atoms with Gasteiger partial charge in [-0.3, -0.25) is 9.48 Å². The molecule has 1 aliphatic rings. The predicted octanol–water partition coefficient (Wildman–Crippen LogP) is 4.07. The first-order valence-electron chi connectivity index (χ1n) is 9.48. The number of alkyl halides is 3. The van der Waals surface area contributed by atoms with Crippen molar-refractivity contribution in [3.05, 3.63) is 52.2 Å². The maximum absolute atomic E-state index is 14.2. The average Bonchev–Trinajstić information content (AvgIpc) is 3.48. The topological polar surface area (TPSA) is 107 Å². The number of benzene rings is 1. The van der Waals surface area contributed by atoms with Gasteiger partial charge in [-0.2, -0.15) is 23.5 Å². The molecule has 3 N–H and O–H groups in total. The van der Waals surface area contributed by atoms with E-state index < -0.39 is 29.2 Å². The van der Waals surface area contributed by atoms with Gasteiger partial charge in [-0.25, -0.2) is 4.39 Å². The number of rotatable bonds is 6. The molecule has 0 saturated heterocycles. The smallest absolute Gasteiger partial charge is 0.379 e. The van der Waals surface area contributed by atoms with E-state index in [0.29, 0.717) is 5.52 Å². The number of H-pyrrole nitrogens is 1. The number of anilines is 2. The zero-order valence-electron chi connectivity index (χ0n) is 15.9. The van der Waals surface area contributed by atoms with E-state index in [1.807, 2.05) is 0 Å². The van der Waals surface area contributed by atoms with Crippen molar-refractivity contribution in [2.24, 2.45) is 5.92 Å². The van der Waals surface area contributed by atoms with E-state index in [1.165, 1.54) is 6.20 Å². The molecule has 4 rings (SSSR count). The van der Waals surface area contributed by atoms with Gasteiger partial charge in [-0.15, -0.1) is 0 Å². The van der Waals surface area contributed by atoms with Gasteiger partial charge >= 0.3 is 6.18 Å². The largest absolute Gasteiger partial charge is 0.418 e. The first-order valence-corrected chi connectivity index (χ1v) is 9.48. The van der Waals surface area contributed by atoms with Gasteiger partial charge in [0, 0.05) is 17.4 Å². The third-order valence-electron chi connectivity index (χ3n) is 5.28. The zero-order chi connectivity index (χ0) is 22.3. The minimum Gasteiger partial charge on any atom is -0.379 e. The van der Waals surface area contributed by atoms with Crippen molar-refractivity contribution >= 4 is 22.4 Å². The van der Waals surface area contributed by atoms with Crippen LogP contribution in [0, 0.1) is 23.1 Å². The molecule has 1 aliphatic carbocycles. The Bertz CT molecular complexity index is 1220. The van der Waals surface area contributed by atoms with Gasteiger partial charge in [0.15, 0.2) is 11.9 Å². The molecule has 0 spiro atoms. The minimum absolute atomic E-state index is 0.0497. The molecule has 2 heterocycles. The highest BCUT2D eigenvalue weighted by Crippen LogP contribution is 2.43. The number of fused-ring (bicyclic) bond motifs is 1. The summed E-state index contributed by atoms with van der Waals surface area (Å²) in [5.41, 5.74) is -0.826. The second kappa shape index (κ2) is 7.70. The van der Waals surface area contributed by atoms with Crippen molar-refractivity contribution in [3.63, 3.8) is 0 Å². The lowest BCUT2D eigenvalue weighted by Gasteiger charge is -2.16. The maximum Gasteiger partial charge on any atom is 0.418 e. The average molecular weight is 435 g/mol. The molecule has 1 aromatic carbocycles. The van der Waals surface area contributed by atoms with Gasteiger partial charge < -0.3 is 15.4 Å². The molecule has 0 bridgehead atoms. The molecule has 1 unspecified atom stereocenters. The molecule has 3 aromatic rings. The summed E-state index contributed by atoms with van der Waals surface area (Å²) < 4.78 is 53.9. The third kappa shape index (κ3) is 3.98. The molecule has 31 heavy (non-hydrogen) atoms. The fourth-order valence-corrected chi connectivity index (χ4v) is 3.61. The Kier molecular flexibility index (Phi) is 5.18. The number of aliphatic hydroxyl groups excluding tert-OH is 1. The van der Waals surface area contributed by atoms with Crippen LogP contribution in [0.2, 0.25) is 0 Å². The number of nitriles is 1. The van der Waals surface area contributed by atoms with Crippen LogP contribution in [0.1, 0.15) is 37.0 Å². The van der Waals surface area contributed by atoms with E-state index in [4.69, 9.17) is 0 Å². The van der Waals surface area contributed by atoms with Crippen LogP contribution in [0.3, 0.4) is 0 Å². The van der Waals surface area contributed by atoms with Gasteiger partial charge in [0.05, 0.1) is 24.0 Å². The number of pyridine rings is 1. The van der Waals surface area contributed by atoms with Crippen LogP contribution in [-0.2, 0) is 0 Å². The van der Waals surface area contributed by atoms with Gasteiger partial charge in [0.25, 0.3) is 5.56 Å². The number of nitrogens with one attached hydrogen (secondary N) is 2. The summed E-state index contributed by atoms with van der Waals surface area (Å²) in [7, 11) is 0. The lowest BCUT2D eigenvalue weighted by Crippen LogP contribution is -2.21. The molecule has 7 nitrogen and oxygen atoms in total. The molecule has 1 saturated carbocycles. The summed E-state index contributed by atoms with van der Waals surface area (Å²) in [6, 6.07) is 6.31. The SMILES string of the molecule is N#CCC(C1CC1)n1nc(Nc2ccc([C@@H](O)C(F)(F)F)c(F)c2)c2c(=O)[nH]ccc21. The summed E-state index contributed by atoms with van der Waals surface area (Å²) in [5, 5.41) is 25.9. The molecular formula is C20H17F4N5O2. The highest BCUT2D eigenvalue weighted by Gasteiger charge is 2.41. The Morgan fingerprint density at radius 2 is 2.10 bits per heavy atom. The number of hydrogen-bond donors (Lipinski definition) is 3. The van der Waals surface area contributed by atoms with Crippen molar-refractivity contribution in [1.82, 2.24) is 14.8 Å². The number of hydrogen-bond acceptors (Lipinski definition) is 5. The van der Waals surface area contributed by atoms with Crippen LogP contribution in [0.25, 0.3) is 10.9 Å². The second-order valence-corrected chi connectivity index (χ2v) is 7.43. The first-order chi connectivity index (χ1) is 14.7. The number of aliphatic hydroxyl groups is 1. The zero-order valence-corrected chi connectivity index (χ0v) is 15.9. The van der Waals surface area contributed by atoms with Crippen molar-refractivity contribution in [3.8, 4) is 6.07 Å². The second-order valence-electron chi connectivity index (χ2n) is 7.43. The van der Waals surface area contributed by atoms with Crippen LogP contribution in [-0.4, -0.2) is 26.0 Å². The minimum atomic E-state index is -5.00. The lowest BCUT2D eigenvalue weighted by atomic mass is 10.1. The van der Waals surface area contributed by atoms with Crippen LogP contribution >= 0.6 is 0 Å². The summed E-state index contributed by atoms with van der Waals surface area (Å²) in [4.78, 5) is 15.0. The Morgan fingerprint density at radius 1 is 1.35 bits per heavy atom. The molecule has 1 fully saturated rings. The normalized spacial score (nSPS) is 16.1. The molecule has 2 aromatic heterocycles. The number of aromatic amines is 1. The van der Waals surface area contributed by atoms with E-state index in [9.17, 15) is 32.7 Å². The lowest BCUT2D eigenvalue weighted by molar-refractivity contribution is -0.207. The number of aromatic nitrogens is 3. The van der Waals surface area contributed by atoms with Gasteiger partial charge in [-0.05, 0) is 37.0 Å². The molecule has 0 radical (unpaired) electrons.